The van der Waals surface area contributed by atoms with Gasteiger partial charge in [-0.05, 0) is 75.4 Å². The zero-order chi connectivity index (χ0) is 25.8. The van der Waals surface area contributed by atoms with Gasteiger partial charge in [0.1, 0.15) is 17.9 Å². The first-order valence-corrected chi connectivity index (χ1v) is 11.7. The predicted molar refractivity (Wildman–Crippen MR) is 136 cm³/mol. The van der Waals surface area contributed by atoms with Crippen LogP contribution in [0.15, 0.2) is 76.8 Å². The lowest BCUT2D eigenvalue weighted by molar-refractivity contribution is -0.384. The molecule has 4 amide bonds. The summed E-state index contributed by atoms with van der Waals surface area (Å²) in [6.45, 7) is 2.10. The molecule has 3 aromatic rings. The summed E-state index contributed by atoms with van der Waals surface area (Å²) >= 11 is 3.43. The molecule has 1 saturated heterocycles. The van der Waals surface area contributed by atoms with E-state index in [1.807, 2.05) is 19.1 Å². The molecule has 1 aliphatic rings. The Morgan fingerprint density at radius 2 is 1.78 bits per heavy atom. The van der Waals surface area contributed by atoms with E-state index in [1.54, 1.807) is 42.5 Å². The number of rotatable bonds is 7. The van der Waals surface area contributed by atoms with Gasteiger partial charge in [-0.2, -0.15) is 0 Å². The summed E-state index contributed by atoms with van der Waals surface area (Å²) in [7, 11) is 0. The molecule has 0 atom stereocenters. The summed E-state index contributed by atoms with van der Waals surface area (Å²) in [6, 6.07) is 17.3. The van der Waals surface area contributed by atoms with Gasteiger partial charge in [0.05, 0.1) is 15.1 Å². The number of urea groups is 1. The smallest absolute Gasteiger partial charge is 0.335 e. The van der Waals surface area contributed by atoms with Crippen molar-refractivity contribution in [3.8, 4) is 5.75 Å². The van der Waals surface area contributed by atoms with Crippen molar-refractivity contribution in [3.63, 3.8) is 0 Å². The van der Waals surface area contributed by atoms with Crippen LogP contribution in [0.2, 0.25) is 0 Å². The molecular weight excluding hydrogens is 530 g/mol. The SMILES string of the molecule is CCc1ccccc1N1C(=O)NC(=O)/C(=C/c2ccc(OCc3ccc([N+](=O)[O-])cc3)c(Br)c2)C1=O. The molecule has 10 heteroatoms. The van der Waals surface area contributed by atoms with Crippen LogP contribution >= 0.6 is 15.9 Å². The molecule has 9 nitrogen and oxygen atoms in total. The Kier molecular flexibility index (Phi) is 7.25. The standard InChI is InChI=1S/C26H20BrN3O6/c1-2-18-5-3-4-6-22(18)29-25(32)20(24(31)28-26(29)33)13-17-9-12-23(21(27)14-17)36-15-16-7-10-19(11-8-16)30(34)35/h3-14H,2,15H2,1H3,(H,28,31,33)/b20-13-. The average Bonchev–Trinajstić information content (AvgIpc) is 2.86. The fourth-order valence-electron chi connectivity index (χ4n) is 3.67. The maximum Gasteiger partial charge on any atom is 0.335 e. The number of non-ortho nitro benzene ring substituents is 1. The van der Waals surface area contributed by atoms with Crippen molar-refractivity contribution < 1.29 is 24.0 Å². The minimum atomic E-state index is -0.792. The molecule has 3 aromatic carbocycles. The van der Waals surface area contributed by atoms with Crippen LogP contribution in [0, 0.1) is 10.1 Å². The monoisotopic (exact) mass is 549 g/mol. The highest BCUT2D eigenvalue weighted by atomic mass is 79.9. The van der Waals surface area contributed by atoms with Crippen LogP contribution < -0.4 is 15.0 Å². The number of nitro groups is 1. The van der Waals surface area contributed by atoms with Gasteiger partial charge in [-0.3, -0.25) is 25.0 Å². The average molecular weight is 550 g/mol. The number of amides is 4. The van der Waals surface area contributed by atoms with E-state index in [9.17, 15) is 24.5 Å². The van der Waals surface area contributed by atoms with E-state index in [1.165, 1.54) is 18.2 Å². The number of anilines is 1. The fourth-order valence-corrected chi connectivity index (χ4v) is 4.18. The first-order chi connectivity index (χ1) is 17.3. The summed E-state index contributed by atoms with van der Waals surface area (Å²) in [5.74, 6) is -0.979. The number of barbiturate groups is 1. The topological polar surface area (TPSA) is 119 Å². The second-order valence-corrected chi connectivity index (χ2v) is 8.70. The third-order valence-corrected chi connectivity index (χ3v) is 6.14. The largest absolute Gasteiger partial charge is 0.488 e. The van der Waals surface area contributed by atoms with Gasteiger partial charge in [-0.25, -0.2) is 9.69 Å². The lowest BCUT2D eigenvalue weighted by atomic mass is 10.0. The van der Waals surface area contributed by atoms with Gasteiger partial charge in [0.15, 0.2) is 0 Å². The van der Waals surface area contributed by atoms with Crippen LogP contribution in [0.25, 0.3) is 6.08 Å². The Bertz CT molecular complexity index is 1400. The zero-order valence-corrected chi connectivity index (χ0v) is 20.7. The van der Waals surface area contributed by atoms with Gasteiger partial charge in [0.2, 0.25) is 0 Å². The highest BCUT2D eigenvalue weighted by molar-refractivity contribution is 9.10. The molecule has 0 bridgehead atoms. The molecule has 0 aliphatic carbocycles. The number of nitrogens with zero attached hydrogens (tertiary/aromatic N) is 2. The van der Waals surface area contributed by atoms with Crippen LogP contribution in [-0.4, -0.2) is 22.8 Å². The molecular formula is C26H20BrN3O6. The Morgan fingerprint density at radius 3 is 2.44 bits per heavy atom. The van der Waals surface area contributed by atoms with Crippen LogP contribution in [0.3, 0.4) is 0 Å². The number of nitrogens with one attached hydrogen (secondary N) is 1. The number of hydrogen-bond acceptors (Lipinski definition) is 6. The maximum atomic E-state index is 13.2. The minimum absolute atomic E-state index is 0.00272. The van der Waals surface area contributed by atoms with E-state index in [2.05, 4.69) is 21.2 Å². The molecule has 1 N–H and O–H groups in total. The van der Waals surface area contributed by atoms with Crippen molar-refractivity contribution in [1.29, 1.82) is 0 Å². The van der Waals surface area contributed by atoms with E-state index in [-0.39, 0.29) is 17.9 Å². The summed E-state index contributed by atoms with van der Waals surface area (Å²) in [5, 5.41) is 13.0. The molecule has 182 valence electrons. The molecule has 36 heavy (non-hydrogen) atoms. The molecule has 0 saturated carbocycles. The summed E-state index contributed by atoms with van der Waals surface area (Å²) < 4.78 is 6.36. The first kappa shape index (κ1) is 24.8. The zero-order valence-electron chi connectivity index (χ0n) is 19.1. The van der Waals surface area contributed by atoms with Crippen LogP contribution in [-0.2, 0) is 22.6 Å². The Labute approximate surface area is 214 Å². The van der Waals surface area contributed by atoms with Crippen molar-refractivity contribution in [2.24, 2.45) is 0 Å². The molecule has 0 aromatic heterocycles. The van der Waals surface area contributed by atoms with Crippen molar-refractivity contribution in [1.82, 2.24) is 5.32 Å². The molecule has 1 aliphatic heterocycles. The van der Waals surface area contributed by atoms with E-state index in [4.69, 9.17) is 4.74 Å². The third-order valence-electron chi connectivity index (χ3n) is 5.52. The number of nitro benzene ring substituents is 1. The van der Waals surface area contributed by atoms with Gasteiger partial charge in [-0.1, -0.05) is 31.2 Å². The predicted octanol–water partition coefficient (Wildman–Crippen LogP) is 5.17. The van der Waals surface area contributed by atoms with Crippen molar-refractivity contribution >= 4 is 51.2 Å². The quantitative estimate of drug-likeness (QED) is 0.188. The molecule has 0 spiro atoms. The summed E-state index contributed by atoms with van der Waals surface area (Å²) in [6.07, 6.45) is 2.02. The number of para-hydroxylation sites is 1. The number of carbonyl (C=O) groups is 3. The van der Waals surface area contributed by atoms with Crippen LogP contribution in [0.5, 0.6) is 5.75 Å². The normalized spacial score (nSPS) is 14.7. The van der Waals surface area contributed by atoms with Crippen molar-refractivity contribution in [2.45, 2.75) is 20.0 Å². The van der Waals surface area contributed by atoms with E-state index in [0.717, 1.165) is 16.0 Å². The van der Waals surface area contributed by atoms with E-state index in [0.29, 0.717) is 27.9 Å². The van der Waals surface area contributed by atoms with Gasteiger partial charge >= 0.3 is 6.03 Å². The Hall–Kier alpha value is -4.31. The number of halogens is 1. The molecule has 4 rings (SSSR count). The van der Waals surface area contributed by atoms with Gasteiger partial charge in [0, 0.05) is 12.1 Å². The van der Waals surface area contributed by atoms with E-state index < -0.39 is 22.8 Å². The number of aryl methyl sites for hydroxylation is 1. The Morgan fingerprint density at radius 1 is 1.06 bits per heavy atom. The van der Waals surface area contributed by atoms with Crippen molar-refractivity contribution in [2.75, 3.05) is 4.90 Å². The first-order valence-electron chi connectivity index (χ1n) is 10.9. The fraction of sp³-hybridized carbons (Fsp3) is 0.115. The van der Waals surface area contributed by atoms with Crippen molar-refractivity contribution in [3.05, 3.63) is 104 Å². The van der Waals surface area contributed by atoms with Crippen LogP contribution in [0.1, 0.15) is 23.6 Å². The van der Waals surface area contributed by atoms with Gasteiger partial charge in [-0.15, -0.1) is 0 Å². The third kappa shape index (κ3) is 5.18. The van der Waals surface area contributed by atoms with Gasteiger partial charge in [0.25, 0.3) is 17.5 Å². The highest BCUT2D eigenvalue weighted by Gasteiger charge is 2.37. The molecule has 0 unspecified atom stereocenters. The maximum absolute atomic E-state index is 13.2. The lowest BCUT2D eigenvalue weighted by Crippen LogP contribution is -2.54. The summed E-state index contributed by atoms with van der Waals surface area (Å²) in [4.78, 5) is 49.5. The Balaban J connectivity index is 1.54. The molecule has 1 fully saturated rings. The molecule has 0 radical (unpaired) electrons. The minimum Gasteiger partial charge on any atom is -0.488 e. The number of benzene rings is 3. The number of imide groups is 2. The number of ether oxygens (including phenoxy) is 1. The van der Waals surface area contributed by atoms with Gasteiger partial charge < -0.3 is 4.74 Å². The summed E-state index contributed by atoms with van der Waals surface area (Å²) in [5.41, 5.74) is 2.34. The lowest BCUT2D eigenvalue weighted by Gasteiger charge is -2.28. The second-order valence-electron chi connectivity index (χ2n) is 7.84. The van der Waals surface area contributed by atoms with Crippen LogP contribution in [0.4, 0.5) is 16.2 Å². The number of carbonyl (C=O) groups excluding carboxylic acids is 3. The number of hydrogen-bond donors (Lipinski definition) is 1. The second kappa shape index (κ2) is 10.5. The highest BCUT2D eigenvalue weighted by Crippen LogP contribution is 2.30. The van der Waals surface area contributed by atoms with E-state index >= 15 is 0 Å². The molecule has 1 heterocycles.